The van der Waals surface area contributed by atoms with Crippen molar-refractivity contribution in [1.29, 1.82) is 0 Å². The van der Waals surface area contributed by atoms with Gasteiger partial charge in [0.15, 0.2) is 6.29 Å². The first-order chi connectivity index (χ1) is 13.3. The zero-order valence-electron chi connectivity index (χ0n) is 15.7. The van der Waals surface area contributed by atoms with E-state index in [9.17, 15) is 22.8 Å². The predicted octanol–water partition coefficient (Wildman–Crippen LogP) is 4.46. The molecule has 0 unspecified atom stereocenters. The van der Waals surface area contributed by atoms with Gasteiger partial charge in [-0.2, -0.15) is 13.2 Å². The third-order valence-electron chi connectivity index (χ3n) is 3.90. The van der Waals surface area contributed by atoms with Crippen molar-refractivity contribution in [2.24, 2.45) is 0 Å². The van der Waals surface area contributed by atoms with Gasteiger partial charge < -0.3 is 9.30 Å². The molecule has 0 saturated carbocycles. The van der Waals surface area contributed by atoms with Gasteiger partial charge in [0, 0.05) is 25.0 Å². The van der Waals surface area contributed by atoms with Crippen LogP contribution in [0.3, 0.4) is 0 Å². The van der Waals surface area contributed by atoms with E-state index < -0.39 is 11.7 Å². The van der Waals surface area contributed by atoms with Crippen LogP contribution in [0.15, 0.2) is 48.8 Å². The fraction of sp³-hybridized carbons (Fsp3) is 0.250. The molecule has 2 aromatic heterocycles. The lowest BCUT2D eigenvalue weighted by Crippen LogP contribution is -2.27. The van der Waals surface area contributed by atoms with E-state index in [0.717, 1.165) is 12.1 Å². The Morgan fingerprint density at radius 2 is 1.89 bits per heavy atom. The highest BCUT2D eigenvalue weighted by atomic mass is 19.4. The fourth-order valence-electron chi connectivity index (χ4n) is 2.60. The van der Waals surface area contributed by atoms with E-state index in [-0.39, 0.29) is 29.2 Å². The second-order valence-electron chi connectivity index (χ2n) is 5.78. The molecule has 2 heterocycles. The molecule has 0 aliphatic heterocycles. The third-order valence-corrected chi connectivity index (χ3v) is 3.90. The zero-order valence-corrected chi connectivity index (χ0v) is 15.7. The molecule has 0 saturated heterocycles. The number of carbonyl (C=O) groups excluding carboxylic acids is 2. The third kappa shape index (κ3) is 4.57. The SMILES string of the molecule is CC.CN(Cc1cn2ccc(C(F)(F)F)cc2n1)C(=O)c1ccccc1C=O. The van der Waals surface area contributed by atoms with Gasteiger partial charge in [0.05, 0.1) is 23.4 Å². The lowest BCUT2D eigenvalue weighted by Gasteiger charge is -2.16. The lowest BCUT2D eigenvalue weighted by atomic mass is 10.1. The number of hydrogen-bond acceptors (Lipinski definition) is 3. The van der Waals surface area contributed by atoms with Crippen LogP contribution in [-0.4, -0.2) is 33.5 Å². The molecule has 0 bridgehead atoms. The molecule has 148 valence electrons. The average molecular weight is 391 g/mol. The molecule has 0 aliphatic rings. The summed E-state index contributed by atoms with van der Waals surface area (Å²) in [6.07, 6.45) is -1.01. The molecular weight excluding hydrogens is 371 g/mol. The van der Waals surface area contributed by atoms with Gasteiger partial charge in [0.1, 0.15) is 5.65 Å². The van der Waals surface area contributed by atoms with Crippen LogP contribution in [0.1, 0.15) is 45.8 Å². The van der Waals surface area contributed by atoms with Crippen molar-refractivity contribution >= 4 is 17.8 Å². The van der Waals surface area contributed by atoms with Gasteiger partial charge >= 0.3 is 6.18 Å². The summed E-state index contributed by atoms with van der Waals surface area (Å²) in [7, 11) is 1.54. The molecule has 0 spiro atoms. The topological polar surface area (TPSA) is 54.7 Å². The highest BCUT2D eigenvalue weighted by molar-refractivity contribution is 6.01. The van der Waals surface area contributed by atoms with Crippen LogP contribution in [0, 0.1) is 0 Å². The minimum Gasteiger partial charge on any atom is -0.336 e. The maximum absolute atomic E-state index is 12.8. The van der Waals surface area contributed by atoms with E-state index in [2.05, 4.69) is 4.98 Å². The number of aromatic nitrogens is 2. The number of fused-ring (bicyclic) bond motifs is 1. The molecule has 1 aromatic carbocycles. The van der Waals surface area contributed by atoms with Crippen molar-refractivity contribution in [2.75, 3.05) is 7.05 Å². The monoisotopic (exact) mass is 391 g/mol. The number of rotatable bonds is 4. The molecule has 0 radical (unpaired) electrons. The van der Waals surface area contributed by atoms with E-state index in [1.807, 2.05) is 13.8 Å². The van der Waals surface area contributed by atoms with E-state index in [1.54, 1.807) is 24.4 Å². The number of amides is 1. The summed E-state index contributed by atoms with van der Waals surface area (Å²) in [6, 6.07) is 8.30. The molecule has 1 amide bonds. The number of imidazole rings is 1. The standard InChI is InChI=1S/C18H14F3N3O2.C2H6/c1-23(17(26)15-5-3-2-4-12(15)11-25)9-14-10-24-7-6-13(18(19,20)21)8-16(24)22-14;1-2/h2-8,10-11H,9H2,1H3;1-2H3. The second kappa shape index (κ2) is 8.69. The van der Waals surface area contributed by atoms with E-state index in [4.69, 9.17) is 0 Å². The van der Waals surface area contributed by atoms with E-state index >= 15 is 0 Å². The molecular formula is C20H20F3N3O2. The van der Waals surface area contributed by atoms with Crippen LogP contribution in [-0.2, 0) is 12.7 Å². The Morgan fingerprint density at radius 3 is 2.54 bits per heavy atom. The Labute approximate surface area is 160 Å². The molecule has 28 heavy (non-hydrogen) atoms. The van der Waals surface area contributed by atoms with Crippen molar-refractivity contribution in [3.05, 3.63) is 71.2 Å². The fourth-order valence-corrected chi connectivity index (χ4v) is 2.60. The van der Waals surface area contributed by atoms with Gasteiger partial charge in [-0.3, -0.25) is 9.59 Å². The van der Waals surface area contributed by atoms with Crippen molar-refractivity contribution in [1.82, 2.24) is 14.3 Å². The molecule has 0 fully saturated rings. The smallest absolute Gasteiger partial charge is 0.336 e. The number of aldehydes is 1. The predicted molar refractivity (Wildman–Crippen MR) is 99.2 cm³/mol. The van der Waals surface area contributed by atoms with Crippen molar-refractivity contribution in [2.45, 2.75) is 26.6 Å². The van der Waals surface area contributed by atoms with Crippen LogP contribution >= 0.6 is 0 Å². The quantitative estimate of drug-likeness (QED) is 0.617. The molecule has 3 rings (SSSR count). The minimum atomic E-state index is -4.45. The summed E-state index contributed by atoms with van der Waals surface area (Å²) in [5, 5.41) is 0. The number of pyridine rings is 1. The first-order valence-corrected chi connectivity index (χ1v) is 8.64. The molecule has 5 nitrogen and oxygen atoms in total. The number of benzene rings is 1. The maximum atomic E-state index is 12.8. The Balaban J connectivity index is 0.00000136. The van der Waals surface area contributed by atoms with Crippen LogP contribution in [0.2, 0.25) is 0 Å². The minimum absolute atomic E-state index is 0.0923. The number of hydrogen-bond donors (Lipinski definition) is 0. The number of nitrogens with zero attached hydrogens (tertiary/aromatic N) is 3. The molecule has 0 aliphatic carbocycles. The highest BCUT2D eigenvalue weighted by Crippen LogP contribution is 2.29. The van der Waals surface area contributed by atoms with Crippen LogP contribution in [0.5, 0.6) is 0 Å². The largest absolute Gasteiger partial charge is 0.416 e. The Bertz CT molecular complexity index is 980. The summed E-state index contributed by atoms with van der Waals surface area (Å²) in [5.41, 5.74) is 0.321. The van der Waals surface area contributed by atoms with Gasteiger partial charge in [0.25, 0.3) is 5.91 Å². The summed E-state index contributed by atoms with van der Waals surface area (Å²) in [4.78, 5) is 29.1. The average Bonchev–Trinajstić information content (AvgIpc) is 3.09. The lowest BCUT2D eigenvalue weighted by molar-refractivity contribution is -0.137. The van der Waals surface area contributed by atoms with Gasteiger partial charge in [-0.15, -0.1) is 0 Å². The number of halogens is 3. The molecule has 8 heteroatoms. The van der Waals surface area contributed by atoms with Crippen LogP contribution < -0.4 is 0 Å². The highest BCUT2D eigenvalue weighted by Gasteiger charge is 2.30. The van der Waals surface area contributed by atoms with Crippen LogP contribution in [0.25, 0.3) is 5.65 Å². The van der Waals surface area contributed by atoms with E-state index in [0.29, 0.717) is 12.0 Å². The Kier molecular flexibility index (Phi) is 6.56. The van der Waals surface area contributed by atoms with Crippen molar-refractivity contribution < 1.29 is 22.8 Å². The van der Waals surface area contributed by atoms with E-state index in [1.165, 1.54) is 28.6 Å². The Morgan fingerprint density at radius 1 is 1.21 bits per heavy atom. The first-order valence-electron chi connectivity index (χ1n) is 8.64. The van der Waals surface area contributed by atoms with Crippen molar-refractivity contribution in [3.63, 3.8) is 0 Å². The zero-order chi connectivity index (χ0) is 20.9. The summed E-state index contributed by atoms with van der Waals surface area (Å²) in [6.45, 7) is 4.09. The van der Waals surface area contributed by atoms with Gasteiger partial charge in [-0.25, -0.2) is 4.98 Å². The second-order valence-corrected chi connectivity index (χ2v) is 5.78. The van der Waals surface area contributed by atoms with Crippen LogP contribution in [0.4, 0.5) is 13.2 Å². The number of carbonyl (C=O) groups is 2. The molecule has 0 N–H and O–H groups in total. The van der Waals surface area contributed by atoms with Gasteiger partial charge in [-0.05, 0) is 18.2 Å². The summed E-state index contributed by atoms with van der Waals surface area (Å²) < 4.78 is 39.8. The van der Waals surface area contributed by atoms with Crippen molar-refractivity contribution in [3.8, 4) is 0 Å². The summed E-state index contributed by atoms with van der Waals surface area (Å²) in [5.74, 6) is -0.374. The van der Waals surface area contributed by atoms with Gasteiger partial charge in [0.2, 0.25) is 0 Å². The maximum Gasteiger partial charge on any atom is 0.416 e. The Hall–Kier alpha value is -3.16. The molecule has 0 atom stereocenters. The summed E-state index contributed by atoms with van der Waals surface area (Å²) >= 11 is 0. The normalized spacial score (nSPS) is 10.9. The number of alkyl halides is 3. The first kappa shape index (κ1) is 21.1. The molecule has 3 aromatic rings. The van der Waals surface area contributed by atoms with Gasteiger partial charge in [-0.1, -0.05) is 32.0 Å².